The van der Waals surface area contributed by atoms with E-state index in [9.17, 15) is 0 Å². The molecule has 3 aliphatic carbocycles. The van der Waals surface area contributed by atoms with Crippen molar-refractivity contribution >= 4 is 11.6 Å². The van der Waals surface area contributed by atoms with Gasteiger partial charge in [0, 0.05) is 0 Å². The lowest BCUT2D eigenvalue weighted by molar-refractivity contribution is 0.348. The van der Waals surface area contributed by atoms with Crippen LogP contribution in [0.15, 0.2) is 12.2 Å². The van der Waals surface area contributed by atoms with E-state index < -0.39 is 0 Å². The average molecular weight is 211 g/mol. The number of fused-ring (bicyclic) bond motifs is 1. The van der Waals surface area contributed by atoms with Gasteiger partial charge in [-0.15, -0.1) is 11.6 Å². The Morgan fingerprint density at radius 2 is 1.79 bits per heavy atom. The Labute approximate surface area is 91.7 Å². The topological polar surface area (TPSA) is 0 Å². The SMILES string of the molecule is Cl[C@]12CC=CC[C@]13CCCCCC[C@@H]32. The number of halogens is 1. The van der Waals surface area contributed by atoms with E-state index in [-0.39, 0.29) is 4.87 Å². The first-order valence-corrected chi connectivity index (χ1v) is 6.51. The van der Waals surface area contributed by atoms with Crippen molar-refractivity contribution in [1.29, 1.82) is 0 Å². The van der Waals surface area contributed by atoms with Gasteiger partial charge < -0.3 is 0 Å². The van der Waals surface area contributed by atoms with Crippen molar-refractivity contribution in [2.24, 2.45) is 11.3 Å². The predicted molar refractivity (Wildman–Crippen MR) is 60.6 cm³/mol. The molecule has 3 rings (SSSR count). The van der Waals surface area contributed by atoms with Crippen LogP contribution in [-0.2, 0) is 0 Å². The number of hydrogen-bond acceptors (Lipinski definition) is 0. The molecule has 1 heteroatoms. The van der Waals surface area contributed by atoms with Crippen LogP contribution in [0.2, 0.25) is 0 Å². The van der Waals surface area contributed by atoms with Crippen molar-refractivity contribution in [2.75, 3.05) is 0 Å². The van der Waals surface area contributed by atoms with Crippen LogP contribution < -0.4 is 0 Å². The van der Waals surface area contributed by atoms with Crippen LogP contribution in [0.5, 0.6) is 0 Å². The second kappa shape index (κ2) is 3.01. The largest absolute Gasteiger partial charge is 0.118 e. The van der Waals surface area contributed by atoms with E-state index in [2.05, 4.69) is 12.2 Å². The molecule has 0 aromatic rings. The summed E-state index contributed by atoms with van der Waals surface area (Å²) >= 11 is 6.80. The van der Waals surface area contributed by atoms with Crippen LogP contribution in [0.4, 0.5) is 0 Å². The summed E-state index contributed by atoms with van der Waals surface area (Å²) in [5.41, 5.74) is 0.531. The van der Waals surface area contributed by atoms with E-state index in [0.717, 1.165) is 12.3 Å². The Hall–Kier alpha value is 0.0300. The first kappa shape index (κ1) is 9.27. The van der Waals surface area contributed by atoms with E-state index in [4.69, 9.17) is 11.6 Å². The third-order valence-electron chi connectivity index (χ3n) is 4.89. The molecule has 0 bridgehead atoms. The highest BCUT2D eigenvalue weighted by atomic mass is 35.5. The molecule has 0 unspecified atom stereocenters. The molecule has 14 heavy (non-hydrogen) atoms. The maximum atomic E-state index is 6.80. The fourth-order valence-corrected chi connectivity index (χ4v) is 4.71. The zero-order valence-corrected chi connectivity index (χ0v) is 9.52. The molecule has 0 heterocycles. The summed E-state index contributed by atoms with van der Waals surface area (Å²) in [4.78, 5) is 0.187. The van der Waals surface area contributed by atoms with Crippen molar-refractivity contribution in [2.45, 2.75) is 56.2 Å². The molecular formula is C13H19Cl. The van der Waals surface area contributed by atoms with Gasteiger partial charge in [-0.1, -0.05) is 37.8 Å². The molecule has 1 spiro atoms. The number of allylic oxidation sites excluding steroid dienone is 2. The lowest BCUT2D eigenvalue weighted by atomic mass is 9.85. The van der Waals surface area contributed by atoms with Crippen LogP contribution in [0, 0.1) is 11.3 Å². The molecule has 3 atom stereocenters. The third kappa shape index (κ3) is 1.01. The van der Waals surface area contributed by atoms with Crippen LogP contribution in [0.25, 0.3) is 0 Å². The van der Waals surface area contributed by atoms with Crippen molar-refractivity contribution in [3.05, 3.63) is 12.2 Å². The summed E-state index contributed by atoms with van der Waals surface area (Å²) in [5.74, 6) is 0.840. The molecule has 0 amide bonds. The highest BCUT2D eigenvalue weighted by molar-refractivity contribution is 6.27. The highest BCUT2D eigenvalue weighted by Gasteiger charge is 2.73. The van der Waals surface area contributed by atoms with E-state index in [1.165, 1.54) is 44.9 Å². The monoisotopic (exact) mass is 210 g/mol. The fourth-order valence-electron chi connectivity index (χ4n) is 4.05. The second-order valence-corrected chi connectivity index (χ2v) is 6.08. The van der Waals surface area contributed by atoms with Crippen molar-refractivity contribution in [3.8, 4) is 0 Å². The lowest BCUT2D eigenvalue weighted by Gasteiger charge is -2.23. The molecule has 78 valence electrons. The molecule has 3 aliphatic rings. The van der Waals surface area contributed by atoms with Gasteiger partial charge in [-0.05, 0) is 37.0 Å². The molecule has 0 nitrogen and oxygen atoms in total. The highest BCUT2D eigenvalue weighted by Crippen LogP contribution is 2.75. The molecule has 0 aromatic carbocycles. The smallest absolute Gasteiger partial charge is 0.0577 e. The lowest BCUT2D eigenvalue weighted by Crippen LogP contribution is -2.16. The zero-order chi connectivity index (χ0) is 9.65. The quantitative estimate of drug-likeness (QED) is 0.414. The van der Waals surface area contributed by atoms with Gasteiger partial charge in [0.15, 0.2) is 0 Å². The van der Waals surface area contributed by atoms with Gasteiger partial charge in [-0.2, -0.15) is 0 Å². The van der Waals surface area contributed by atoms with Gasteiger partial charge in [0.05, 0.1) is 4.87 Å². The fraction of sp³-hybridized carbons (Fsp3) is 0.846. The van der Waals surface area contributed by atoms with Crippen LogP contribution >= 0.6 is 11.6 Å². The third-order valence-corrected chi connectivity index (χ3v) is 5.69. The Morgan fingerprint density at radius 3 is 2.71 bits per heavy atom. The van der Waals surface area contributed by atoms with E-state index in [1.54, 1.807) is 0 Å². The first-order chi connectivity index (χ1) is 6.80. The minimum atomic E-state index is 0.187. The summed E-state index contributed by atoms with van der Waals surface area (Å²) in [5, 5.41) is 0. The van der Waals surface area contributed by atoms with Gasteiger partial charge in [0.25, 0.3) is 0 Å². The van der Waals surface area contributed by atoms with E-state index >= 15 is 0 Å². The molecule has 2 fully saturated rings. The Bertz CT molecular complexity index is 270. The van der Waals surface area contributed by atoms with Gasteiger partial charge >= 0.3 is 0 Å². The molecule has 0 N–H and O–H groups in total. The molecule has 2 saturated carbocycles. The minimum absolute atomic E-state index is 0.187. The van der Waals surface area contributed by atoms with Crippen LogP contribution in [-0.4, -0.2) is 4.87 Å². The van der Waals surface area contributed by atoms with Gasteiger partial charge in [0.2, 0.25) is 0 Å². The van der Waals surface area contributed by atoms with Gasteiger partial charge in [-0.25, -0.2) is 0 Å². The van der Waals surface area contributed by atoms with Gasteiger partial charge in [0.1, 0.15) is 0 Å². The summed E-state index contributed by atoms with van der Waals surface area (Å²) < 4.78 is 0. The van der Waals surface area contributed by atoms with Crippen LogP contribution in [0.1, 0.15) is 51.4 Å². The van der Waals surface area contributed by atoms with Gasteiger partial charge in [-0.3, -0.25) is 0 Å². The second-order valence-electron chi connectivity index (χ2n) is 5.40. The Kier molecular flexibility index (Phi) is 1.99. The summed E-state index contributed by atoms with van der Waals surface area (Å²) in [7, 11) is 0. The van der Waals surface area contributed by atoms with E-state index in [1.807, 2.05) is 0 Å². The predicted octanol–water partition coefficient (Wildman–Crippen LogP) is 4.28. The van der Waals surface area contributed by atoms with Crippen molar-refractivity contribution in [1.82, 2.24) is 0 Å². The average Bonchev–Trinajstić information content (AvgIpc) is 2.64. The summed E-state index contributed by atoms with van der Waals surface area (Å²) in [6, 6.07) is 0. The number of alkyl halides is 1. The standard InChI is InChI=1S/C13H19Cl/c14-13-10-6-5-9-12(13)8-4-2-1-3-7-11(12)13/h5-6,11H,1-4,7-10H2/t11-,12-,13-/m0/s1. The minimum Gasteiger partial charge on any atom is -0.118 e. The number of hydrogen-bond donors (Lipinski definition) is 0. The summed E-state index contributed by atoms with van der Waals surface area (Å²) in [6.45, 7) is 0. The van der Waals surface area contributed by atoms with Crippen molar-refractivity contribution < 1.29 is 0 Å². The number of rotatable bonds is 0. The summed E-state index contributed by atoms with van der Waals surface area (Å²) in [6.07, 6.45) is 15.6. The molecule has 0 radical (unpaired) electrons. The maximum absolute atomic E-state index is 6.80. The molecule has 0 aliphatic heterocycles. The first-order valence-electron chi connectivity index (χ1n) is 6.14. The van der Waals surface area contributed by atoms with Crippen LogP contribution in [0.3, 0.4) is 0 Å². The maximum Gasteiger partial charge on any atom is 0.0577 e. The molecule has 0 aromatic heterocycles. The Balaban J connectivity index is 1.87. The van der Waals surface area contributed by atoms with E-state index in [0.29, 0.717) is 5.41 Å². The zero-order valence-electron chi connectivity index (χ0n) is 8.77. The Morgan fingerprint density at radius 1 is 1.00 bits per heavy atom. The normalized spacial score (nSPS) is 51.4. The van der Waals surface area contributed by atoms with Crippen molar-refractivity contribution in [3.63, 3.8) is 0 Å². The molecule has 0 saturated heterocycles. The molecular weight excluding hydrogens is 192 g/mol.